The highest BCUT2D eigenvalue weighted by molar-refractivity contribution is 5.82. The second-order valence-electron chi connectivity index (χ2n) is 6.21. The van der Waals surface area contributed by atoms with Gasteiger partial charge in [-0.15, -0.1) is 0 Å². The molecule has 0 aromatic heterocycles. The van der Waals surface area contributed by atoms with Gasteiger partial charge in [0.05, 0.1) is 12.5 Å². The van der Waals surface area contributed by atoms with Crippen LogP contribution < -0.4 is 5.32 Å². The third-order valence-corrected chi connectivity index (χ3v) is 5.28. The van der Waals surface area contributed by atoms with E-state index in [1.54, 1.807) is 0 Å². The molecule has 0 saturated heterocycles. The van der Waals surface area contributed by atoms with Crippen molar-refractivity contribution in [2.75, 3.05) is 13.7 Å². The maximum absolute atomic E-state index is 12.1. The van der Waals surface area contributed by atoms with Crippen molar-refractivity contribution >= 4 is 11.9 Å². The van der Waals surface area contributed by atoms with Crippen molar-refractivity contribution in [3.8, 4) is 0 Å². The van der Waals surface area contributed by atoms with Crippen LogP contribution in [0.25, 0.3) is 0 Å². The summed E-state index contributed by atoms with van der Waals surface area (Å²) in [5.41, 5.74) is 0. The molecule has 2 N–H and O–H groups in total. The van der Waals surface area contributed by atoms with E-state index in [1.165, 1.54) is 26.4 Å². The maximum Gasteiger partial charge on any atom is 0.306 e. The van der Waals surface area contributed by atoms with Crippen LogP contribution in [0.5, 0.6) is 0 Å². The molecule has 1 amide bonds. The second kappa shape index (κ2) is 4.78. The van der Waals surface area contributed by atoms with Gasteiger partial charge in [-0.05, 0) is 42.9 Å². The number of nitrogens with one attached hydrogen (secondary N) is 1. The number of carboxylic acid groups (broad SMARTS) is 1. The van der Waals surface area contributed by atoms with Crippen molar-refractivity contribution in [1.82, 2.24) is 5.32 Å². The Balaban J connectivity index is 1.46. The molecule has 0 spiro atoms. The first-order valence-corrected chi connectivity index (χ1v) is 7.14. The Morgan fingerprint density at radius 3 is 2.47 bits per heavy atom. The molecule has 106 valence electrons. The molecule has 0 aromatic rings. The van der Waals surface area contributed by atoms with Gasteiger partial charge >= 0.3 is 5.97 Å². The minimum atomic E-state index is -0.901. The van der Waals surface area contributed by atoms with E-state index in [0.717, 1.165) is 11.8 Å². The number of hydrogen-bond donors (Lipinski definition) is 2. The Hall–Kier alpha value is -1.10. The monoisotopic (exact) mass is 267 g/mol. The maximum atomic E-state index is 12.1. The summed E-state index contributed by atoms with van der Waals surface area (Å²) >= 11 is 0. The molecular weight excluding hydrogens is 246 g/mol. The Bertz CT molecular complexity index is 381. The van der Waals surface area contributed by atoms with Gasteiger partial charge in [-0.1, -0.05) is 0 Å². The number of rotatable bonds is 6. The first-order valence-electron chi connectivity index (χ1n) is 7.14. The zero-order valence-electron chi connectivity index (χ0n) is 11.2. The van der Waals surface area contributed by atoms with Crippen LogP contribution in [-0.2, 0) is 14.3 Å². The van der Waals surface area contributed by atoms with Crippen LogP contribution in [0.15, 0.2) is 0 Å². The van der Waals surface area contributed by atoms with Gasteiger partial charge in [0.2, 0.25) is 5.91 Å². The minimum absolute atomic E-state index is 0.0699. The highest BCUT2D eigenvalue weighted by Gasteiger charge is 2.67. The van der Waals surface area contributed by atoms with Gasteiger partial charge in [0.15, 0.2) is 0 Å². The highest BCUT2D eigenvalue weighted by Crippen LogP contribution is 2.69. The molecule has 5 heteroatoms. The van der Waals surface area contributed by atoms with Crippen LogP contribution in [0, 0.1) is 29.6 Å². The number of amides is 1. The molecule has 3 aliphatic carbocycles. The van der Waals surface area contributed by atoms with Crippen LogP contribution in [0.4, 0.5) is 0 Å². The Morgan fingerprint density at radius 2 is 1.95 bits per heavy atom. The first-order chi connectivity index (χ1) is 9.11. The summed E-state index contributed by atoms with van der Waals surface area (Å²) in [6.07, 6.45) is 3.43. The number of carbonyl (C=O) groups excluding carboxylic acids is 1. The lowest BCUT2D eigenvalue weighted by molar-refractivity contribution is -0.140. The molecule has 3 saturated carbocycles. The SMILES string of the molecule is COC(CNC(=O)C1C2C3CCC(C3)C12)CC(=O)O. The lowest BCUT2D eigenvalue weighted by Gasteiger charge is -2.15. The second-order valence-corrected chi connectivity index (χ2v) is 6.21. The summed E-state index contributed by atoms with van der Waals surface area (Å²) in [4.78, 5) is 22.8. The van der Waals surface area contributed by atoms with E-state index in [2.05, 4.69) is 5.32 Å². The van der Waals surface area contributed by atoms with E-state index >= 15 is 0 Å². The zero-order valence-corrected chi connectivity index (χ0v) is 11.2. The third-order valence-electron chi connectivity index (χ3n) is 5.28. The van der Waals surface area contributed by atoms with E-state index in [0.29, 0.717) is 18.4 Å². The third kappa shape index (κ3) is 2.24. The molecule has 19 heavy (non-hydrogen) atoms. The average molecular weight is 267 g/mol. The number of aliphatic carboxylic acids is 1. The van der Waals surface area contributed by atoms with E-state index in [9.17, 15) is 9.59 Å². The van der Waals surface area contributed by atoms with Crippen molar-refractivity contribution in [1.29, 1.82) is 0 Å². The fourth-order valence-electron chi connectivity index (χ4n) is 4.44. The molecule has 0 aliphatic heterocycles. The van der Waals surface area contributed by atoms with Crippen LogP contribution in [0.3, 0.4) is 0 Å². The van der Waals surface area contributed by atoms with Crippen LogP contribution in [0.2, 0.25) is 0 Å². The molecule has 2 bridgehead atoms. The number of carboxylic acids is 1. The normalized spacial score (nSPS) is 39.7. The number of ether oxygens (including phenoxy) is 1. The molecular formula is C14H21NO4. The van der Waals surface area contributed by atoms with Crippen molar-refractivity contribution in [2.24, 2.45) is 29.6 Å². The number of fused-ring (bicyclic) bond motifs is 5. The smallest absolute Gasteiger partial charge is 0.306 e. The Morgan fingerprint density at radius 1 is 1.32 bits per heavy atom. The summed E-state index contributed by atoms with van der Waals surface area (Å²) in [5, 5.41) is 11.6. The molecule has 0 aromatic carbocycles. The van der Waals surface area contributed by atoms with Gasteiger partial charge in [0.25, 0.3) is 0 Å². The largest absolute Gasteiger partial charge is 0.481 e. The molecule has 3 fully saturated rings. The summed E-state index contributed by atoms with van der Waals surface area (Å²) in [6, 6.07) is 0. The van der Waals surface area contributed by atoms with Gasteiger partial charge in [0, 0.05) is 19.6 Å². The van der Waals surface area contributed by atoms with E-state index in [4.69, 9.17) is 9.84 Å². The molecule has 3 aliphatic rings. The van der Waals surface area contributed by atoms with Crippen molar-refractivity contribution in [3.63, 3.8) is 0 Å². The van der Waals surface area contributed by atoms with Crippen molar-refractivity contribution in [2.45, 2.75) is 31.8 Å². The molecule has 0 radical (unpaired) electrons. The molecule has 0 heterocycles. The van der Waals surface area contributed by atoms with Gasteiger partial charge in [-0.3, -0.25) is 9.59 Å². The predicted molar refractivity (Wildman–Crippen MR) is 67.4 cm³/mol. The quantitative estimate of drug-likeness (QED) is 0.749. The minimum Gasteiger partial charge on any atom is -0.481 e. The molecule has 5 atom stereocenters. The Kier molecular flexibility index (Phi) is 3.25. The van der Waals surface area contributed by atoms with E-state index in [-0.39, 0.29) is 18.2 Å². The molecule has 3 rings (SSSR count). The molecule has 5 unspecified atom stereocenters. The average Bonchev–Trinajstić information content (AvgIpc) is 2.82. The van der Waals surface area contributed by atoms with Crippen molar-refractivity contribution < 1.29 is 19.4 Å². The van der Waals surface area contributed by atoms with Crippen molar-refractivity contribution in [3.05, 3.63) is 0 Å². The van der Waals surface area contributed by atoms with Gasteiger partial charge in [0.1, 0.15) is 0 Å². The first kappa shape index (κ1) is 12.9. The standard InChI is InChI=1S/C14H21NO4/c1-19-9(5-10(16)17)6-15-14(18)13-11-7-2-3-8(4-7)12(11)13/h7-9,11-13H,2-6H2,1H3,(H,15,18)(H,16,17). The predicted octanol–water partition coefficient (Wildman–Crippen LogP) is 0.884. The lowest BCUT2D eigenvalue weighted by Crippen LogP contribution is -2.36. The number of carbonyl (C=O) groups is 2. The zero-order chi connectivity index (χ0) is 13.6. The number of hydrogen-bond acceptors (Lipinski definition) is 3. The topological polar surface area (TPSA) is 75.6 Å². The fourth-order valence-corrected chi connectivity index (χ4v) is 4.44. The van der Waals surface area contributed by atoms with E-state index < -0.39 is 12.1 Å². The highest BCUT2D eigenvalue weighted by atomic mass is 16.5. The van der Waals surface area contributed by atoms with Crippen LogP contribution in [0.1, 0.15) is 25.7 Å². The van der Waals surface area contributed by atoms with Gasteiger partial charge in [-0.25, -0.2) is 0 Å². The molecule has 5 nitrogen and oxygen atoms in total. The summed E-state index contributed by atoms with van der Waals surface area (Å²) in [5.74, 6) is 2.22. The fraction of sp³-hybridized carbons (Fsp3) is 0.857. The van der Waals surface area contributed by atoms with Gasteiger partial charge in [-0.2, -0.15) is 0 Å². The van der Waals surface area contributed by atoms with Crippen LogP contribution in [-0.4, -0.2) is 36.7 Å². The summed E-state index contributed by atoms with van der Waals surface area (Å²) in [6.45, 7) is 0.299. The van der Waals surface area contributed by atoms with E-state index in [1.807, 2.05) is 0 Å². The van der Waals surface area contributed by atoms with Crippen LogP contribution >= 0.6 is 0 Å². The van der Waals surface area contributed by atoms with Gasteiger partial charge < -0.3 is 15.2 Å². The summed E-state index contributed by atoms with van der Waals surface area (Å²) < 4.78 is 5.06. The Labute approximate surface area is 112 Å². The lowest BCUT2D eigenvalue weighted by atomic mass is 10.0. The summed E-state index contributed by atoms with van der Waals surface area (Å²) in [7, 11) is 1.48. The number of methoxy groups -OCH3 is 1.